The molecule has 0 aliphatic rings. The van der Waals surface area contributed by atoms with E-state index in [1.165, 1.54) is 5.56 Å². The molecule has 2 nitrogen and oxygen atoms in total. The Kier molecular flexibility index (Phi) is 2.94. The Morgan fingerprint density at radius 1 is 1.31 bits per heavy atom. The topological polar surface area (TPSA) is 46.2 Å². The van der Waals surface area contributed by atoms with Gasteiger partial charge in [-0.3, -0.25) is 0 Å². The smallest absolute Gasteiger partial charge is 0.121 e. The van der Waals surface area contributed by atoms with Crippen LogP contribution in [-0.4, -0.2) is 11.1 Å². The lowest BCUT2D eigenvalue weighted by Crippen LogP contribution is -2.17. The largest absolute Gasteiger partial charge is 0.507 e. The molecule has 13 heavy (non-hydrogen) atoms. The summed E-state index contributed by atoms with van der Waals surface area (Å²) in [5.74, 6) is 0.397. The monoisotopic (exact) mass is 179 g/mol. The van der Waals surface area contributed by atoms with Gasteiger partial charge in [0, 0.05) is 6.04 Å². The summed E-state index contributed by atoms with van der Waals surface area (Å²) in [7, 11) is 0. The van der Waals surface area contributed by atoms with Gasteiger partial charge in [-0.05, 0) is 43.9 Å². The van der Waals surface area contributed by atoms with Crippen molar-refractivity contribution in [2.45, 2.75) is 33.2 Å². The Hall–Kier alpha value is -1.02. The minimum Gasteiger partial charge on any atom is -0.507 e. The number of aryl methyl sites for hydroxylation is 2. The molecule has 0 aliphatic heterocycles. The molecular formula is C11H17NO. The Balaban J connectivity index is 2.99. The van der Waals surface area contributed by atoms with E-state index in [9.17, 15) is 5.11 Å². The van der Waals surface area contributed by atoms with Crippen molar-refractivity contribution in [1.29, 1.82) is 0 Å². The van der Waals surface area contributed by atoms with Crippen molar-refractivity contribution in [3.8, 4) is 5.75 Å². The summed E-state index contributed by atoms with van der Waals surface area (Å²) in [5.41, 5.74) is 8.75. The third kappa shape index (κ3) is 2.46. The minimum absolute atomic E-state index is 0.170. The van der Waals surface area contributed by atoms with Crippen LogP contribution in [0.4, 0.5) is 0 Å². The lowest BCUT2D eigenvalue weighted by molar-refractivity contribution is 0.466. The summed E-state index contributed by atoms with van der Waals surface area (Å²) in [6.07, 6.45) is 0.863. The van der Waals surface area contributed by atoms with E-state index in [4.69, 9.17) is 5.73 Å². The molecule has 1 aromatic rings. The molecule has 0 saturated carbocycles. The van der Waals surface area contributed by atoms with Crippen molar-refractivity contribution >= 4 is 0 Å². The van der Waals surface area contributed by atoms with Crippen LogP contribution in [0, 0.1) is 13.8 Å². The van der Waals surface area contributed by atoms with Crippen molar-refractivity contribution in [2.24, 2.45) is 5.73 Å². The second-order valence-corrected chi connectivity index (χ2v) is 3.76. The zero-order valence-electron chi connectivity index (χ0n) is 8.46. The molecule has 0 saturated heterocycles. The molecule has 72 valence electrons. The standard InChI is InChI=1S/C11H17NO/c1-7-4-10(6-9(3)12)5-8(2)11(7)13/h4-5,9,13H,6,12H2,1-3H3/t9-/m1/s1. The van der Waals surface area contributed by atoms with E-state index in [-0.39, 0.29) is 6.04 Å². The molecule has 0 aliphatic carbocycles. The van der Waals surface area contributed by atoms with E-state index < -0.39 is 0 Å². The van der Waals surface area contributed by atoms with E-state index in [0.29, 0.717) is 5.75 Å². The summed E-state index contributed by atoms with van der Waals surface area (Å²) >= 11 is 0. The van der Waals surface area contributed by atoms with Crippen LogP contribution in [-0.2, 0) is 6.42 Å². The highest BCUT2D eigenvalue weighted by atomic mass is 16.3. The third-order valence-electron chi connectivity index (χ3n) is 2.11. The molecule has 2 heteroatoms. The number of nitrogens with two attached hydrogens (primary N) is 1. The van der Waals surface area contributed by atoms with E-state index in [1.807, 2.05) is 32.9 Å². The molecule has 1 aromatic carbocycles. The Morgan fingerprint density at radius 3 is 2.15 bits per heavy atom. The number of benzene rings is 1. The lowest BCUT2D eigenvalue weighted by Gasteiger charge is -2.09. The van der Waals surface area contributed by atoms with Crippen LogP contribution in [0.2, 0.25) is 0 Å². The maximum absolute atomic E-state index is 9.53. The van der Waals surface area contributed by atoms with Gasteiger partial charge in [-0.25, -0.2) is 0 Å². The molecule has 3 N–H and O–H groups in total. The first kappa shape index (κ1) is 10.1. The third-order valence-corrected chi connectivity index (χ3v) is 2.11. The molecule has 0 amide bonds. The van der Waals surface area contributed by atoms with Gasteiger partial charge < -0.3 is 10.8 Å². The second kappa shape index (κ2) is 3.79. The fourth-order valence-corrected chi connectivity index (χ4v) is 1.54. The van der Waals surface area contributed by atoms with Gasteiger partial charge in [0.2, 0.25) is 0 Å². The van der Waals surface area contributed by atoms with Crippen LogP contribution in [0.15, 0.2) is 12.1 Å². The number of hydrogen-bond acceptors (Lipinski definition) is 2. The van der Waals surface area contributed by atoms with Crippen molar-refractivity contribution in [3.05, 3.63) is 28.8 Å². The summed E-state index contributed by atoms with van der Waals surface area (Å²) < 4.78 is 0. The molecule has 0 unspecified atom stereocenters. The van der Waals surface area contributed by atoms with Crippen LogP contribution in [0.3, 0.4) is 0 Å². The lowest BCUT2D eigenvalue weighted by atomic mass is 10.0. The van der Waals surface area contributed by atoms with E-state index in [2.05, 4.69) is 0 Å². The number of hydrogen-bond donors (Lipinski definition) is 2. The van der Waals surface area contributed by atoms with Crippen molar-refractivity contribution in [3.63, 3.8) is 0 Å². The molecule has 0 fully saturated rings. The van der Waals surface area contributed by atoms with Crippen LogP contribution >= 0.6 is 0 Å². The predicted molar refractivity (Wildman–Crippen MR) is 54.9 cm³/mol. The fraction of sp³-hybridized carbons (Fsp3) is 0.455. The van der Waals surface area contributed by atoms with Crippen LogP contribution in [0.1, 0.15) is 23.6 Å². The fourth-order valence-electron chi connectivity index (χ4n) is 1.54. The summed E-state index contributed by atoms with van der Waals surface area (Å²) in [5, 5.41) is 9.53. The molecule has 0 aromatic heterocycles. The summed E-state index contributed by atoms with van der Waals surface area (Å²) in [6, 6.07) is 4.15. The maximum Gasteiger partial charge on any atom is 0.121 e. The van der Waals surface area contributed by atoms with E-state index in [1.54, 1.807) is 0 Å². The summed E-state index contributed by atoms with van der Waals surface area (Å²) in [4.78, 5) is 0. The Labute approximate surface area is 79.4 Å². The van der Waals surface area contributed by atoms with E-state index in [0.717, 1.165) is 17.5 Å². The zero-order valence-corrected chi connectivity index (χ0v) is 8.46. The first-order valence-corrected chi connectivity index (χ1v) is 4.55. The zero-order chi connectivity index (χ0) is 10.0. The first-order chi connectivity index (χ1) is 6.00. The van der Waals surface area contributed by atoms with Gasteiger partial charge >= 0.3 is 0 Å². The highest BCUT2D eigenvalue weighted by Gasteiger charge is 2.04. The summed E-state index contributed by atoms with van der Waals surface area (Å²) in [6.45, 7) is 5.80. The van der Waals surface area contributed by atoms with Gasteiger partial charge in [0.25, 0.3) is 0 Å². The van der Waals surface area contributed by atoms with Gasteiger partial charge in [-0.2, -0.15) is 0 Å². The van der Waals surface area contributed by atoms with Crippen molar-refractivity contribution < 1.29 is 5.11 Å². The van der Waals surface area contributed by atoms with Crippen LogP contribution in [0.5, 0.6) is 5.75 Å². The van der Waals surface area contributed by atoms with E-state index >= 15 is 0 Å². The van der Waals surface area contributed by atoms with Gasteiger partial charge in [0.05, 0.1) is 0 Å². The van der Waals surface area contributed by atoms with Crippen molar-refractivity contribution in [1.82, 2.24) is 0 Å². The molecule has 1 atom stereocenters. The van der Waals surface area contributed by atoms with Crippen LogP contribution in [0.25, 0.3) is 0 Å². The molecular weight excluding hydrogens is 162 g/mol. The first-order valence-electron chi connectivity index (χ1n) is 4.55. The van der Waals surface area contributed by atoms with Crippen molar-refractivity contribution in [2.75, 3.05) is 0 Å². The molecule has 0 radical (unpaired) electrons. The number of phenolic OH excluding ortho intramolecular Hbond substituents is 1. The normalized spacial score (nSPS) is 12.9. The second-order valence-electron chi connectivity index (χ2n) is 3.76. The van der Waals surface area contributed by atoms with Gasteiger partial charge in [-0.1, -0.05) is 12.1 Å². The van der Waals surface area contributed by atoms with Crippen LogP contribution < -0.4 is 5.73 Å². The molecule has 1 rings (SSSR count). The molecule has 0 heterocycles. The highest BCUT2D eigenvalue weighted by molar-refractivity contribution is 5.42. The molecule has 0 bridgehead atoms. The Morgan fingerprint density at radius 2 is 1.77 bits per heavy atom. The average Bonchev–Trinajstić information content (AvgIpc) is 1.98. The molecule has 0 spiro atoms. The quantitative estimate of drug-likeness (QED) is 0.728. The number of aromatic hydroxyl groups is 1. The number of phenols is 1. The number of rotatable bonds is 2. The van der Waals surface area contributed by atoms with Gasteiger partial charge in [0.15, 0.2) is 0 Å². The van der Waals surface area contributed by atoms with Gasteiger partial charge in [0.1, 0.15) is 5.75 Å². The predicted octanol–water partition coefficient (Wildman–Crippen LogP) is 1.90. The highest BCUT2D eigenvalue weighted by Crippen LogP contribution is 2.23. The Bertz CT molecular complexity index is 282. The SMILES string of the molecule is Cc1cc(C[C@@H](C)N)cc(C)c1O. The average molecular weight is 179 g/mol. The maximum atomic E-state index is 9.53. The minimum atomic E-state index is 0.170. The van der Waals surface area contributed by atoms with Gasteiger partial charge in [-0.15, -0.1) is 0 Å².